The fraction of sp³-hybridized carbons (Fsp3) is 1.00. The van der Waals surface area contributed by atoms with Crippen LogP contribution in [0.25, 0.3) is 0 Å². The quantitative estimate of drug-likeness (QED) is 0.389. The molecule has 0 aromatic carbocycles. The van der Waals surface area contributed by atoms with Crippen LogP contribution in [-0.4, -0.2) is 72.8 Å². The molecular weight excluding hydrogens is 490 g/mol. The first kappa shape index (κ1) is 19.0. The molecule has 0 bridgehead atoms. The van der Waals surface area contributed by atoms with Crippen molar-refractivity contribution in [2.75, 3.05) is 14.2 Å². The van der Waals surface area contributed by atoms with E-state index in [0.29, 0.717) is 0 Å². The van der Waals surface area contributed by atoms with Gasteiger partial charge in [-0.3, -0.25) is 0 Å². The Morgan fingerprint density at radius 1 is 1.00 bits per heavy atom. The van der Waals surface area contributed by atoms with Gasteiger partial charge in [0.1, 0.15) is 0 Å². The third kappa shape index (κ3) is 5.54. The van der Waals surface area contributed by atoms with Crippen LogP contribution in [0.1, 0.15) is 6.42 Å². The summed E-state index contributed by atoms with van der Waals surface area (Å²) < 4.78 is 96.2. The monoisotopic (exact) mass is 504 g/mol. The van der Waals surface area contributed by atoms with E-state index in [0.717, 1.165) is 14.2 Å². The van der Waals surface area contributed by atoms with Gasteiger partial charge in [-0.1, -0.05) is 0 Å². The summed E-state index contributed by atoms with van der Waals surface area (Å²) in [5.41, 5.74) is 0. The van der Waals surface area contributed by atoms with E-state index < -0.39 is 65.0 Å². The Balaban J connectivity index is 4.94. The zero-order chi connectivity index (χ0) is 14.6. The fourth-order valence-electron chi connectivity index (χ4n) is 0.993. The number of hydrogen-bond donors (Lipinski definition) is 0. The van der Waals surface area contributed by atoms with Gasteiger partial charge in [-0.2, -0.15) is 0 Å². The van der Waals surface area contributed by atoms with Crippen molar-refractivity contribution >= 4 is 42.6 Å². The fourth-order valence-corrected chi connectivity index (χ4v) is 16.4. The summed E-state index contributed by atoms with van der Waals surface area (Å²) in [6, 6.07) is 0. The molecule has 0 aliphatic carbocycles. The molecule has 18 heavy (non-hydrogen) atoms. The normalized spacial score (nSPS) is 16.5. The molecule has 0 aliphatic rings. The molecule has 0 spiro atoms. The van der Waals surface area contributed by atoms with Crippen molar-refractivity contribution in [1.29, 1.82) is 0 Å². The van der Waals surface area contributed by atoms with E-state index in [1.807, 2.05) is 0 Å². The van der Waals surface area contributed by atoms with Gasteiger partial charge in [0.25, 0.3) is 0 Å². The van der Waals surface area contributed by atoms with Gasteiger partial charge < -0.3 is 0 Å². The molecule has 12 heteroatoms. The van der Waals surface area contributed by atoms with Crippen LogP contribution in [0.15, 0.2) is 0 Å². The van der Waals surface area contributed by atoms with Crippen LogP contribution < -0.4 is 0 Å². The van der Waals surface area contributed by atoms with Crippen LogP contribution in [0.4, 0.5) is 30.7 Å². The van der Waals surface area contributed by atoms with Crippen molar-refractivity contribution in [3.05, 3.63) is 0 Å². The van der Waals surface area contributed by atoms with Crippen LogP contribution in [-0.2, 0) is 7.56 Å². The van der Waals surface area contributed by atoms with Gasteiger partial charge in [0, 0.05) is 0 Å². The average Bonchev–Trinajstić information content (AvgIpc) is 2.14. The standard InChI is InChI=1S/C4H2F7.2CH3O.O.2Sn.3H/c5-2(6)3(7,8)1-4(9,10)11;2*1-2;;;;;;/h1H2;2*1H3;;;;;;/q;2*-1;;2*+1;;;. The van der Waals surface area contributed by atoms with Gasteiger partial charge in [0.15, 0.2) is 0 Å². The first-order valence-corrected chi connectivity index (χ1v) is 12.1. The van der Waals surface area contributed by atoms with Crippen LogP contribution in [0.3, 0.4) is 0 Å². The Labute approximate surface area is 117 Å². The Hall–Kier alpha value is 0.987. The first-order valence-electron chi connectivity index (χ1n) is 4.43. The number of alkyl halides is 7. The summed E-state index contributed by atoms with van der Waals surface area (Å²) >= 11 is -7.60. The summed E-state index contributed by atoms with van der Waals surface area (Å²) in [6.45, 7) is 0. The van der Waals surface area contributed by atoms with Crippen LogP contribution in [0.2, 0.25) is 0 Å². The van der Waals surface area contributed by atoms with Gasteiger partial charge in [0.05, 0.1) is 0 Å². The van der Waals surface area contributed by atoms with Crippen LogP contribution >= 0.6 is 0 Å². The first-order chi connectivity index (χ1) is 7.98. The van der Waals surface area contributed by atoms with E-state index in [2.05, 4.69) is 7.56 Å². The van der Waals surface area contributed by atoms with Gasteiger partial charge in [-0.25, -0.2) is 0 Å². The van der Waals surface area contributed by atoms with Gasteiger partial charge >= 0.3 is 118 Å². The number of rotatable bonds is 7. The predicted molar refractivity (Wildman–Crippen MR) is 51.4 cm³/mol. The molecule has 0 N–H and O–H groups in total. The Morgan fingerprint density at radius 2 is 1.50 bits per heavy atom. The maximum absolute atomic E-state index is 13.3. The molecule has 0 aliphatic heterocycles. The molecule has 0 fully saturated rings. The van der Waals surface area contributed by atoms with Gasteiger partial charge in [0.2, 0.25) is 0 Å². The molecule has 0 aromatic rings. The molecule has 0 radical (unpaired) electrons. The third-order valence-corrected chi connectivity index (χ3v) is 16.2. The molecule has 0 heterocycles. The minimum atomic E-state index is -5.40. The molecule has 0 saturated carbocycles. The molecule has 0 aromatic heterocycles. The molecule has 0 rings (SSSR count). The van der Waals surface area contributed by atoms with E-state index in [9.17, 15) is 30.7 Å². The number of hydrogen-bond acceptors (Lipinski definition) is 3. The van der Waals surface area contributed by atoms with Crippen molar-refractivity contribution in [3.8, 4) is 0 Å². The SMILES string of the molecule is C[O][SnH2][O][SnH]([O]C)[C](F)(F)C(F)(F)CC(F)(F)F. The second-order valence-corrected chi connectivity index (χ2v) is 18.2. The summed E-state index contributed by atoms with van der Waals surface area (Å²) in [5.74, 6) is -5.23. The van der Waals surface area contributed by atoms with Crippen molar-refractivity contribution in [2.45, 2.75) is 22.5 Å². The summed E-state index contributed by atoms with van der Waals surface area (Å²) in [5, 5.41) is 0. The Bertz CT molecular complexity index is 260. The zero-order valence-electron chi connectivity index (χ0n) is 9.36. The molecule has 0 saturated heterocycles. The summed E-state index contributed by atoms with van der Waals surface area (Å²) in [7, 11) is 1.86. The average molecular weight is 502 g/mol. The second kappa shape index (κ2) is 7.13. The molecule has 1 unspecified atom stereocenters. The van der Waals surface area contributed by atoms with Gasteiger partial charge in [-0.05, 0) is 0 Å². The third-order valence-electron chi connectivity index (χ3n) is 1.76. The molecular formula is C6H11F7O3Sn2. The maximum atomic E-state index is 13.3. The summed E-state index contributed by atoms with van der Waals surface area (Å²) in [4.78, 5) is 0. The van der Waals surface area contributed by atoms with E-state index in [1.54, 1.807) is 0 Å². The van der Waals surface area contributed by atoms with E-state index in [-0.39, 0.29) is 0 Å². The predicted octanol–water partition coefficient (Wildman–Crippen LogP) is 1.28. The van der Waals surface area contributed by atoms with Gasteiger partial charge in [-0.15, -0.1) is 0 Å². The van der Waals surface area contributed by atoms with E-state index >= 15 is 0 Å². The minimum absolute atomic E-state index is 0.722. The zero-order valence-corrected chi connectivity index (χ0v) is 16.7. The molecule has 1 atom stereocenters. The van der Waals surface area contributed by atoms with Crippen LogP contribution in [0.5, 0.6) is 0 Å². The topological polar surface area (TPSA) is 27.7 Å². The molecule has 3 nitrogen and oxygen atoms in total. The molecule has 110 valence electrons. The van der Waals surface area contributed by atoms with Crippen LogP contribution in [0, 0.1) is 0 Å². The van der Waals surface area contributed by atoms with E-state index in [4.69, 9.17) is 0 Å². The number of halogens is 7. The van der Waals surface area contributed by atoms with E-state index in [1.165, 1.54) is 0 Å². The Kier molecular flexibility index (Phi) is 7.52. The van der Waals surface area contributed by atoms with Crippen molar-refractivity contribution in [3.63, 3.8) is 0 Å². The Morgan fingerprint density at radius 3 is 1.83 bits per heavy atom. The second-order valence-electron chi connectivity index (χ2n) is 3.26. The van der Waals surface area contributed by atoms with Crippen molar-refractivity contribution in [2.24, 2.45) is 0 Å². The molecule has 0 amide bonds. The summed E-state index contributed by atoms with van der Waals surface area (Å²) in [6.07, 6.45) is -8.31. The van der Waals surface area contributed by atoms with Crippen molar-refractivity contribution < 1.29 is 38.3 Å². The van der Waals surface area contributed by atoms with Crippen molar-refractivity contribution in [1.82, 2.24) is 0 Å².